The summed E-state index contributed by atoms with van der Waals surface area (Å²) in [5.74, 6) is 0.271. The van der Waals surface area contributed by atoms with Gasteiger partial charge >= 0.3 is 6.18 Å². The van der Waals surface area contributed by atoms with Crippen molar-refractivity contribution in [3.8, 4) is 0 Å². The van der Waals surface area contributed by atoms with Gasteiger partial charge in [-0.25, -0.2) is 0 Å². The molecular formula is C15H20F3NO2S. The van der Waals surface area contributed by atoms with Crippen molar-refractivity contribution >= 4 is 17.7 Å². The Morgan fingerprint density at radius 2 is 1.86 bits per heavy atom. The van der Waals surface area contributed by atoms with E-state index in [0.29, 0.717) is 17.7 Å². The molecule has 2 N–H and O–H groups in total. The zero-order chi connectivity index (χ0) is 16.8. The van der Waals surface area contributed by atoms with Crippen LogP contribution in [-0.4, -0.2) is 35.2 Å². The highest BCUT2D eigenvalue weighted by atomic mass is 32.2. The number of alkyl halides is 3. The fourth-order valence-corrected chi connectivity index (χ4v) is 2.58. The van der Waals surface area contributed by atoms with Gasteiger partial charge < -0.3 is 10.4 Å². The van der Waals surface area contributed by atoms with Crippen LogP contribution in [0, 0.1) is 0 Å². The molecule has 1 amide bonds. The van der Waals surface area contributed by atoms with Gasteiger partial charge in [-0.1, -0.05) is 12.1 Å². The number of carbonyl (C=O) groups excluding carboxylic acids is 1. The number of nitrogens with one attached hydrogen (secondary N) is 1. The molecule has 0 saturated heterocycles. The summed E-state index contributed by atoms with van der Waals surface area (Å²) in [5, 5.41) is 12.5. The van der Waals surface area contributed by atoms with Crippen molar-refractivity contribution in [2.45, 2.75) is 31.5 Å². The largest absolute Gasteiger partial charge is 0.416 e. The van der Waals surface area contributed by atoms with Crippen LogP contribution in [0.2, 0.25) is 0 Å². The molecule has 0 radical (unpaired) electrons. The maximum Gasteiger partial charge on any atom is 0.416 e. The minimum absolute atomic E-state index is 0.152. The van der Waals surface area contributed by atoms with Gasteiger partial charge in [0, 0.05) is 18.7 Å². The first-order chi connectivity index (χ1) is 10.1. The molecule has 7 heteroatoms. The van der Waals surface area contributed by atoms with Crippen LogP contribution in [0.4, 0.5) is 13.2 Å². The second-order valence-electron chi connectivity index (χ2n) is 5.40. The number of hydrogen-bond donors (Lipinski definition) is 2. The molecule has 0 fully saturated rings. The molecule has 0 bridgehead atoms. The molecule has 0 saturated carbocycles. The van der Waals surface area contributed by atoms with Crippen molar-refractivity contribution in [3.05, 3.63) is 35.4 Å². The van der Waals surface area contributed by atoms with E-state index in [1.54, 1.807) is 6.92 Å². The SMILES string of the molecule is CSCC(C)(O)CNC(=O)CCc1ccc(C(F)(F)F)cc1. The smallest absolute Gasteiger partial charge is 0.387 e. The van der Waals surface area contributed by atoms with E-state index in [-0.39, 0.29) is 18.9 Å². The summed E-state index contributed by atoms with van der Waals surface area (Å²) in [4.78, 5) is 11.7. The summed E-state index contributed by atoms with van der Waals surface area (Å²) in [6.07, 6.45) is -1.96. The molecule has 3 nitrogen and oxygen atoms in total. The molecule has 1 atom stereocenters. The number of thioether (sulfide) groups is 1. The Labute approximate surface area is 132 Å². The summed E-state index contributed by atoms with van der Waals surface area (Å²) in [5.41, 5.74) is -1.00. The Morgan fingerprint density at radius 1 is 1.27 bits per heavy atom. The van der Waals surface area contributed by atoms with Crippen LogP contribution in [0.3, 0.4) is 0 Å². The van der Waals surface area contributed by atoms with E-state index in [1.165, 1.54) is 23.9 Å². The van der Waals surface area contributed by atoms with Gasteiger partial charge in [-0.05, 0) is 37.3 Å². The number of hydrogen-bond acceptors (Lipinski definition) is 3. The third kappa shape index (κ3) is 6.70. The normalized spacial score (nSPS) is 14.5. The van der Waals surface area contributed by atoms with Crippen LogP contribution in [0.25, 0.3) is 0 Å². The average molecular weight is 335 g/mol. The summed E-state index contributed by atoms with van der Waals surface area (Å²) >= 11 is 1.48. The lowest BCUT2D eigenvalue weighted by Crippen LogP contribution is -2.42. The molecule has 124 valence electrons. The van der Waals surface area contributed by atoms with E-state index in [9.17, 15) is 23.1 Å². The summed E-state index contributed by atoms with van der Waals surface area (Å²) in [7, 11) is 0. The van der Waals surface area contributed by atoms with E-state index in [0.717, 1.165) is 12.1 Å². The van der Waals surface area contributed by atoms with Crippen LogP contribution < -0.4 is 5.32 Å². The topological polar surface area (TPSA) is 49.3 Å². The molecular weight excluding hydrogens is 315 g/mol. The molecule has 0 aliphatic heterocycles. The molecule has 1 unspecified atom stereocenters. The van der Waals surface area contributed by atoms with E-state index in [1.807, 2.05) is 6.26 Å². The second kappa shape index (κ2) is 7.87. The first-order valence-corrected chi connectivity index (χ1v) is 8.17. The Hall–Kier alpha value is -1.21. The number of aryl methyl sites for hydroxylation is 1. The van der Waals surface area contributed by atoms with Gasteiger partial charge in [0.15, 0.2) is 0 Å². The van der Waals surface area contributed by atoms with Crippen molar-refractivity contribution in [1.29, 1.82) is 0 Å². The number of benzene rings is 1. The summed E-state index contributed by atoms with van der Waals surface area (Å²) in [6, 6.07) is 4.77. The zero-order valence-electron chi connectivity index (χ0n) is 12.5. The van der Waals surface area contributed by atoms with Gasteiger partial charge in [-0.15, -0.1) is 0 Å². The highest BCUT2D eigenvalue weighted by Crippen LogP contribution is 2.29. The predicted molar refractivity (Wildman–Crippen MR) is 81.8 cm³/mol. The molecule has 0 aromatic heterocycles. The average Bonchev–Trinajstić information content (AvgIpc) is 2.42. The number of amides is 1. The molecule has 0 aliphatic rings. The third-order valence-electron chi connectivity index (χ3n) is 3.04. The minimum Gasteiger partial charge on any atom is -0.387 e. The van der Waals surface area contributed by atoms with Crippen molar-refractivity contribution < 1.29 is 23.1 Å². The van der Waals surface area contributed by atoms with Gasteiger partial charge in [0.2, 0.25) is 5.91 Å². The van der Waals surface area contributed by atoms with E-state index in [4.69, 9.17) is 0 Å². The molecule has 0 spiro atoms. The molecule has 0 heterocycles. The molecule has 1 rings (SSSR count). The molecule has 1 aromatic carbocycles. The quantitative estimate of drug-likeness (QED) is 0.806. The Morgan fingerprint density at radius 3 is 2.36 bits per heavy atom. The summed E-state index contributed by atoms with van der Waals surface area (Å²) in [6.45, 7) is 1.79. The lowest BCUT2D eigenvalue weighted by Gasteiger charge is -2.22. The van der Waals surface area contributed by atoms with Crippen LogP contribution in [0.5, 0.6) is 0 Å². The highest BCUT2D eigenvalue weighted by molar-refractivity contribution is 7.98. The van der Waals surface area contributed by atoms with Crippen molar-refractivity contribution in [1.82, 2.24) is 5.32 Å². The Balaban J connectivity index is 2.41. The van der Waals surface area contributed by atoms with Gasteiger partial charge in [0.1, 0.15) is 0 Å². The molecule has 0 aliphatic carbocycles. The predicted octanol–water partition coefficient (Wildman–Crippen LogP) is 2.87. The Kier molecular flexibility index (Phi) is 6.74. The van der Waals surface area contributed by atoms with Gasteiger partial charge in [-0.3, -0.25) is 4.79 Å². The molecule has 22 heavy (non-hydrogen) atoms. The second-order valence-corrected chi connectivity index (χ2v) is 6.27. The highest BCUT2D eigenvalue weighted by Gasteiger charge is 2.29. The maximum absolute atomic E-state index is 12.4. The van der Waals surface area contributed by atoms with Gasteiger partial charge in [-0.2, -0.15) is 24.9 Å². The zero-order valence-corrected chi connectivity index (χ0v) is 13.4. The van der Waals surface area contributed by atoms with Crippen molar-refractivity contribution in [3.63, 3.8) is 0 Å². The monoisotopic (exact) mass is 335 g/mol. The van der Waals surface area contributed by atoms with Crippen molar-refractivity contribution in [2.24, 2.45) is 0 Å². The standard InChI is InChI=1S/C15H20F3NO2S/c1-14(21,10-22-2)9-19-13(20)8-5-11-3-6-12(7-4-11)15(16,17)18/h3-4,6-7,21H,5,8-10H2,1-2H3,(H,19,20). The van der Waals surface area contributed by atoms with Gasteiger partial charge in [0.05, 0.1) is 11.2 Å². The van der Waals surface area contributed by atoms with E-state index < -0.39 is 17.3 Å². The Bertz CT molecular complexity index is 487. The summed E-state index contributed by atoms with van der Waals surface area (Å²) < 4.78 is 37.3. The van der Waals surface area contributed by atoms with E-state index >= 15 is 0 Å². The van der Waals surface area contributed by atoms with Crippen LogP contribution >= 0.6 is 11.8 Å². The number of halogens is 3. The molecule has 1 aromatic rings. The first-order valence-electron chi connectivity index (χ1n) is 6.78. The fraction of sp³-hybridized carbons (Fsp3) is 0.533. The first kappa shape index (κ1) is 18.8. The number of aliphatic hydroxyl groups is 1. The van der Waals surface area contributed by atoms with Crippen LogP contribution in [0.15, 0.2) is 24.3 Å². The van der Waals surface area contributed by atoms with E-state index in [2.05, 4.69) is 5.32 Å². The minimum atomic E-state index is -4.35. The van der Waals surface area contributed by atoms with Gasteiger partial charge in [0.25, 0.3) is 0 Å². The van der Waals surface area contributed by atoms with Crippen LogP contribution in [-0.2, 0) is 17.4 Å². The lowest BCUT2D eigenvalue weighted by molar-refractivity contribution is -0.137. The lowest BCUT2D eigenvalue weighted by atomic mass is 10.1. The fourth-order valence-electron chi connectivity index (χ4n) is 1.86. The van der Waals surface area contributed by atoms with Crippen molar-refractivity contribution in [2.75, 3.05) is 18.6 Å². The maximum atomic E-state index is 12.4. The number of carbonyl (C=O) groups is 1. The third-order valence-corrected chi connectivity index (χ3v) is 3.95. The number of rotatable bonds is 7. The van der Waals surface area contributed by atoms with Crippen LogP contribution in [0.1, 0.15) is 24.5 Å².